The topological polar surface area (TPSA) is 73.9 Å². The molecule has 0 radical (unpaired) electrons. The minimum atomic E-state index is -0.825. The lowest BCUT2D eigenvalue weighted by atomic mass is 10.1. The van der Waals surface area contributed by atoms with Crippen LogP contribution in [-0.2, 0) is 6.54 Å². The third-order valence-corrected chi connectivity index (χ3v) is 8.68. The summed E-state index contributed by atoms with van der Waals surface area (Å²) in [5.41, 5.74) is 0.442. The zero-order chi connectivity index (χ0) is 36.2. The second kappa shape index (κ2) is 19.7. The number of aromatic nitrogens is 2. The number of nitrogens with zero attached hydrogens (tertiary/aromatic N) is 3. The van der Waals surface area contributed by atoms with Gasteiger partial charge in [0.15, 0.2) is 12.4 Å². The summed E-state index contributed by atoms with van der Waals surface area (Å²) in [5.74, 6) is -0.657. The standard InChI is InChI=1S/C41H46F2N3O5.BrH/c1-4-6-20-51-36-26-33(25-35(27-36)49-3)46-29-38(41(48)45(5-2)32-23-30(42)22-31(43)24-32)40(47)37-16-15-34(28-39(37)46)50-21-14-9-7-8-11-17-44-18-12-10-13-19-44;/h10,12-13,15-16,18-19,22-29H,4-9,11,14,17,20-21H2,1-3H3;1H/q+1;/p-1. The van der Waals surface area contributed by atoms with E-state index in [2.05, 4.69) is 23.9 Å². The molecule has 8 nitrogen and oxygen atoms in total. The van der Waals surface area contributed by atoms with Crippen molar-refractivity contribution in [3.63, 3.8) is 0 Å². The Morgan fingerprint density at radius 2 is 1.46 bits per heavy atom. The van der Waals surface area contributed by atoms with Crippen molar-refractivity contribution in [3.8, 4) is 22.9 Å². The van der Waals surface area contributed by atoms with Gasteiger partial charge in [-0.3, -0.25) is 9.59 Å². The average Bonchev–Trinajstić information content (AvgIpc) is 3.13. The third kappa shape index (κ3) is 10.4. The monoisotopic (exact) mass is 777 g/mol. The Morgan fingerprint density at radius 1 is 0.788 bits per heavy atom. The number of carbonyl (C=O) groups excluding carboxylic acids is 1. The van der Waals surface area contributed by atoms with Gasteiger partial charge in [0.25, 0.3) is 5.91 Å². The first kappa shape index (κ1) is 40.0. The van der Waals surface area contributed by atoms with Crippen molar-refractivity contribution in [3.05, 3.63) is 119 Å². The van der Waals surface area contributed by atoms with Crippen molar-refractivity contribution in [1.82, 2.24) is 4.57 Å². The maximum atomic E-state index is 14.2. The lowest BCUT2D eigenvalue weighted by molar-refractivity contribution is -0.697. The lowest BCUT2D eigenvalue weighted by Gasteiger charge is -2.22. The quantitative estimate of drug-likeness (QED) is 0.0876. The fourth-order valence-corrected chi connectivity index (χ4v) is 5.98. The molecule has 5 rings (SSSR count). The Kier molecular flexibility index (Phi) is 15.2. The van der Waals surface area contributed by atoms with Crippen LogP contribution in [0.3, 0.4) is 0 Å². The van der Waals surface area contributed by atoms with Gasteiger partial charge in [0.2, 0.25) is 5.43 Å². The summed E-state index contributed by atoms with van der Waals surface area (Å²) in [6.07, 6.45) is 12.8. The highest BCUT2D eigenvalue weighted by Gasteiger charge is 2.24. The molecular weight excluding hydrogens is 732 g/mol. The van der Waals surface area contributed by atoms with Crippen molar-refractivity contribution >= 4 is 22.5 Å². The van der Waals surface area contributed by atoms with Gasteiger partial charge in [0.05, 0.1) is 31.5 Å². The summed E-state index contributed by atoms with van der Waals surface area (Å²) in [6, 6.07) is 19.5. The minimum Gasteiger partial charge on any atom is -1.00 e. The van der Waals surface area contributed by atoms with Crippen molar-refractivity contribution in [2.75, 3.05) is 31.8 Å². The minimum absolute atomic E-state index is 0. The zero-order valence-corrected chi connectivity index (χ0v) is 31.5. The van der Waals surface area contributed by atoms with Crippen LogP contribution in [0.1, 0.15) is 69.2 Å². The second-order valence-corrected chi connectivity index (χ2v) is 12.4. The number of rotatable bonds is 18. The molecule has 3 aromatic carbocycles. The highest BCUT2D eigenvalue weighted by molar-refractivity contribution is 6.07. The normalized spacial score (nSPS) is 10.9. The van der Waals surface area contributed by atoms with E-state index in [0.29, 0.717) is 41.7 Å². The number of halogens is 3. The van der Waals surface area contributed by atoms with Gasteiger partial charge in [-0.1, -0.05) is 32.3 Å². The number of hydrogen-bond donors (Lipinski definition) is 0. The molecule has 0 atom stereocenters. The highest BCUT2D eigenvalue weighted by Crippen LogP contribution is 2.30. The number of unbranched alkanes of at least 4 members (excludes halogenated alkanes) is 5. The van der Waals surface area contributed by atoms with Gasteiger partial charge in [0.1, 0.15) is 41.0 Å². The molecule has 0 spiro atoms. The van der Waals surface area contributed by atoms with Crippen LogP contribution in [0.25, 0.3) is 16.6 Å². The van der Waals surface area contributed by atoms with Crippen molar-refractivity contribution in [1.29, 1.82) is 0 Å². The van der Waals surface area contributed by atoms with Crippen LogP contribution in [0.5, 0.6) is 17.2 Å². The summed E-state index contributed by atoms with van der Waals surface area (Å²) < 4.78 is 50.1. The van der Waals surface area contributed by atoms with E-state index in [0.717, 1.165) is 69.7 Å². The molecule has 11 heteroatoms. The second-order valence-electron chi connectivity index (χ2n) is 12.4. The van der Waals surface area contributed by atoms with Gasteiger partial charge >= 0.3 is 0 Å². The molecule has 0 saturated heterocycles. The number of ether oxygens (including phenoxy) is 3. The van der Waals surface area contributed by atoms with Gasteiger partial charge in [-0.25, -0.2) is 13.3 Å². The number of fused-ring (bicyclic) bond motifs is 1. The molecule has 0 N–H and O–H groups in total. The largest absolute Gasteiger partial charge is 1.00 e. The average molecular weight is 779 g/mol. The zero-order valence-electron chi connectivity index (χ0n) is 30.0. The molecule has 5 aromatic rings. The number of pyridine rings is 2. The summed E-state index contributed by atoms with van der Waals surface area (Å²) in [7, 11) is 1.55. The molecule has 276 valence electrons. The highest BCUT2D eigenvalue weighted by atomic mass is 79.9. The van der Waals surface area contributed by atoms with Crippen molar-refractivity contribution < 1.29 is 49.3 Å². The maximum Gasteiger partial charge on any atom is 0.263 e. The molecule has 0 aliphatic heterocycles. The Hall–Kier alpha value is -4.77. The SMILES string of the molecule is CCCCOc1cc(OC)cc(-n2cc(C(=O)N(CC)c3cc(F)cc(F)c3)c(=O)c3ccc(OCCCCCCC[n+]4ccccc4)cc32)c1.[Br-]. The molecule has 0 aliphatic carbocycles. The first-order chi connectivity index (χ1) is 24.8. The van der Waals surface area contributed by atoms with E-state index < -0.39 is 23.0 Å². The van der Waals surface area contributed by atoms with E-state index in [1.54, 1.807) is 48.9 Å². The van der Waals surface area contributed by atoms with Crippen LogP contribution >= 0.6 is 0 Å². The summed E-state index contributed by atoms with van der Waals surface area (Å²) in [5, 5.41) is 0.280. The predicted octanol–water partition coefficient (Wildman–Crippen LogP) is 5.44. The molecule has 1 amide bonds. The number of amides is 1. The molecule has 52 heavy (non-hydrogen) atoms. The van der Waals surface area contributed by atoms with E-state index in [9.17, 15) is 18.4 Å². The number of hydrogen-bond acceptors (Lipinski definition) is 5. The first-order valence-electron chi connectivity index (χ1n) is 17.7. The number of methoxy groups -OCH3 is 1. The van der Waals surface area contributed by atoms with E-state index in [4.69, 9.17) is 14.2 Å². The molecule has 2 heterocycles. The molecule has 0 fully saturated rings. The molecule has 2 aromatic heterocycles. The van der Waals surface area contributed by atoms with Gasteiger partial charge in [-0.2, -0.15) is 0 Å². The van der Waals surface area contributed by atoms with Crippen molar-refractivity contribution in [2.24, 2.45) is 0 Å². The number of carbonyl (C=O) groups is 1. The summed E-state index contributed by atoms with van der Waals surface area (Å²) >= 11 is 0. The lowest BCUT2D eigenvalue weighted by Crippen LogP contribution is -3.00. The molecule has 0 unspecified atom stereocenters. The van der Waals surface area contributed by atoms with E-state index in [1.165, 1.54) is 11.1 Å². The Labute approximate surface area is 314 Å². The van der Waals surface area contributed by atoms with Crippen LogP contribution in [0.2, 0.25) is 0 Å². The van der Waals surface area contributed by atoms with Crippen LogP contribution in [0.4, 0.5) is 14.5 Å². The van der Waals surface area contributed by atoms with Crippen LogP contribution in [-0.4, -0.2) is 37.3 Å². The van der Waals surface area contributed by atoms with Gasteiger partial charge in [-0.05, 0) is 50.5 Å². The smallest absolute Gasteiger partial charge is 0.263 e. The van der Waals surface area contributed by atoms with E-state index >= 15 is 0 Å². The van der Waals surface area contributed by atoms with E-state index in [-0.39, 0.29) is 40.2 Å². The molecular formula is C41H46BrF2N3O5. The van der Waals surface area contributed by atoms with Crippen LogP contribution < -0.4 is 46.1 Å². The fourth-order valence-electron chi connectivity index (χ4n) is 5.98. The number of benzene rings is 3. The maximum absolute atomic E-state index is 14.2. The summed E-state index contributed by atoms with van der Waals surface area (Å²) in [6.45, 7) is 5.86. The number of aryl methyl sites for hydroxylation is 1. The van der Waals surface area contributed by atoms with Gasteiger partial charge < -0.3 is 40.7 Å². The predicted molar refractivity (Wildman–Crippen MR) is 195 cm³/mol. The molecule has 0 bridgehead atoms. The first-order valence-corrected chi connectivity index (χ1v) is 17.7. The number of anilines is 1. The Bertz CT molecular complexity index is 1970. The Morgan fingerprint density at radius 3 is 2.17 bits per heavy atom. The summed E-state index contributed by atoms with van der Waals surface area (Å²) in [4.78, 5) is 29.2. The third-order valence-electron chi connectivity index (χ3n) is 8.68. The molecule has 0 saturated carbocycles. The van der Waals surface area contributed by atoms with Gasteiger partial charge in [-0.15, -0.1) is 0 Å². The van der Waals surface area contributed by atoms with Crippen LogP contribution in [0.15, 0.2) is 96.2 Å². The van der Waals surface area contributed by atoms with E-state index in [1.807, 2.05) is 24.3 Å². The van der Waals surface area contributed by atoms with Crippen molar-refractivity contribution in [2.45, 2.75) is 65.3 Å². The van der Waals surface area contributed by atoms with Crippen LogP contribution in [0, 0.1) is 11.6 Å². The van der Waals surface area contributed by atoms with Gasteiger partial charge in [0, 0.05) is 72.7 Å². The molecule has 0 aliphatic rings. The fraction of sp³-hybridized carbons (Fsp3) is 0.341. The Balaban J connectivity index is 0.00000605.